The molecule has 0 aliphatic heterocycles. The summed E-state index contributed by atoms with van der Waals surface area (Å²) < 4.78 is 10.4. The van der Waals surface area contributed by atoms with Gasteiger partial charge in [0.1, 0.15) is 11.5 Å². The first-order valence-electron chi connectivity index (χ1n) is 7.11. The van der Waals surface area contributed by atoms with Crippen LogP contribution in [0.15, 0.2) is 24.3 Å². The van der Waals surface area contributed by atoms with Crippen molar-refractivity contribution in [2.45, 2.75) is 27.7 Å². The largest absolute Gasteiger partial charge is 2.00 e. The predicted molar refractivity (Wildman–Crippen MR) is 104 cm³/mol. The molecule has 0 aliphatic rings. The van der Waals surface area contributed by atoms with Crippen molar-refractivity contribution in [3.05, 3.63) is 46.5 Å². The summed E-state index contributed by atoms with van der Waals surface area (Å²) in [6, 6.07) is 8.38. The van der Waals surface area contributed by atoms with Gasteiger partial charge in [-0.1, -0.05) is 0 Å². The van der Waals surface area contributed by atoms with Gasteiger partial charge in [0.25, 0.3) is 0 Å². The van der Waals surface area contributed by atoms with Crippen molar-refractivity contribution in [2.24, 2.45) is 0 Å². The molecular weight excluding hydrogens is 529 g/mol. The molecule has 0 saturated carbocycles. The summed E-state index contributed by atoms with van der Waals surface area (Å²) in [5, 5.41) is 2.42. The van der Waals surface area contributed by atoms with Crippen LogP contribution in [0.25, 0.3) is 0 Å². The van der Waals surface area contributed by atoms with Crippen molar-refractivity contribution in [2.75, 3.05) is 14.2 Å². The van der Waals surface area contributed by atoms with E-state index in [1.54, 1.807) is 14.2 Å². The van der Waals surface area contributed by atoms with E-state index < -0.39 is 0 Å². The van der Waals surface area contributed by atoms with Crippen molar-refractivity contribution in [1.82, 2.24) is 0 Å². The molecule has 2 nitrogen and oxygen atoms in total. The average Bonchev–Trinajstić information content (AvgIpc) is 2.38. The zero-order valence-electron chi connectivity index (χ0n) is 15.4. The first-order valence-corrected chi connectivity index (χ1v) is 8.27. The summed E-state index contributed by atoms with van der Waals surface area (Å²) in [6.45, 7) is 8.22. The molecule has 0 N–H and O–H groups in total. The number of rotatable bonds is 2. The predicted octanol–water partition coefficient (Wildman–Crippen LogP) is -2.37. The Bertz CT molecular complexity index is 564. The van der Waals surface area contributed by atoms with Gasteiger partial charge < -0.3 is 43.4 Å². The Balaban J connectivity index is -0.000000346. The average molecular weight is 555 g/mol. The summed E-state index contributed by atoms with van der Waals surface area (Å²) in [4.78, 5) is 0. The first-order chi connectivity index (χ1) is 10.3. The fraction of sp³-hybridized carbons (Fsp3) is 0.333. The van der Waals surface area contributed by atoms with Crippen molar-refractivity contribution in [3.63, 3.8) is 0 Å². The molecule has 2 aromatic carbocycles. The first kappa shape index (κ1) is 30.1. The molecular formula is C18H26Br2CoO2P2. The molecule has 1 radical (unpaired) electrons. The van der Waals surface area contributed by atoms with Crippen LogP contribution in [0.3, 0.4) is 0 Å². The van der Waals surface area contributed by atoms with Gasteiger partial charge in [0, 0.05) is 0 Å². The van der Waals surface area contributed by atoms with E-state index in [4.69, 9.17) is 9.47 Å². The molecule has 0 bridgehead atoms. The molecule has 0 heterocycles. The third-order valence-corrected chi connectivity index (χ3v) is 4.04. The molecule has 143 valence electrons. The molecule has 0 aliphatic carbocycles. The minimum atomic E-state index is 0. The molecule has 0 aromatic heterocycles. The smallest absolute Gasteiger partial charge is 1.00 e. The fourth-order valence-corrected chi connectivity index (χ4v) is 3.61. The number of aryl methyl sites for hydroxylation is 4. The minimum absolute atomic E-state index is 0. The van der Waals surface area contributed by atoms with E-state index in [-0.39, 0.29) is 50.7 Å². The van der Waals surface area contributed by atoms with Crippen molar-refractivity contribution >= 4 is 29.1 Å². The summed E-state index contributed by atoms with van der Waals surface area (Å²) in [5.41, 5.74) is 4.77. The van der Waals surface area contributed by atoms with Gasteiger partial charge >= 0.3 is 16.8 Å². The number of methoxy groups -OCH3 is 2. The maximum Gasteiger partial charge on any atom is 2.00 e. The second-order valence-corrected chi connectivity index (χ2v) is 6.71. The maximum atomic E-state index is 5.22. The summed E-state index contributed by atoms with van der Waals surface area (Å²) in [5.74, 6) is 1.99. The molecule has 25 heavy (non-hydrogen) atoms. The molecule has 2 rings (SSSR count). The summed E-state index contributed by atoms with van der Waals surface area (Å²) in [6.07, 6.45) is 0. The number of hydrogen-bond donors (Lipinski definition) is 0. The van der Waals surface area contributed by atoms with Gasteiger partial charge in [-0.05, 0) is 84.8 Å². The molecule has 2 atom stereocenters. The van der Waals surface area contributed by atoms with Crippen LogP contribution in [-0.4, -0.2) is 14.2 Å². The van der Waals surface area contributed by atoms with E-state index in [0.717, 1.165) is 11.5 Å². The second kappa shape index (κ2) is 14.4. The molecule has 2 aromatic rings. The third-order valence-electron chi connectivity index (χ3n) is 3.37. The van der Waals surface area contributed by atoms with Gasteiger partial charge in [0.05, 0.1) is 14.2 Å². The SMILES string of the molecule is COc1c(C)cc(P)cc1C.COc1c(C)cc(P)cc1C.[Br-].[Br-].[Co+2]. The Morgan fingerprint density at radius 1 is 0.600 bits per heavy atom. The third kappa shape index (κ3) is 9.22. The fourth-order valence-electron chi connectivity index (χ4n) is 2.61. The maximum absolute atomic E-state index is 5.22. The van der Waals surface area contributed by atoms with Gasteiger partial charge in [-0.25, -0.2) is 0 Å². The van der Waals surface area contributed by atoms with E-state index in [2.05, 4.69) is 70.4 Å². The molecule has 2 unspecified atom stereocenters. The van der Waals surface area contributed by atoms with Crippen LogP contribution in [0.4, 0.5) is 0 Å². The van der Waals surface area contributed by atoms with Gasteiger partial charge in [-0.3, -0.25) is 0 Å². The van der Waals surface area contributed by atoms with E-state index in [9.17, 15) is 0 Å². The zero-order chi connectivity index (χ0) is 16.9. The van der Waals surface area contributed by atoms with Gasteiger partial charge in [-0.15, -0.1) is 18.5 Å². The van der Waals surface area contributed by atoms with E-state index in [0.29, 0.717) is 0 Å². The second-order valence-electron chi connectivity index (χ2n) is 5.38. The van der Waals surface area contributed by atoms with Crippen LogP contribution in [0, 0.1) is 27.7 Å². The number of halogens is 2. The quantitative estimate of drug-likeness (QED) is 0.387. The Kier molecular flexibility index (Phi) is 17.4. The number of benzene rings is 2. The topological polar surface area (TPSA) is 18.5 Å². The van der Waals surface area contributed by atoms with Crippen molar-refractivity contribution in [3.8, 4) is 11.5 Å². The summed E-state index contributed by atoms with van der Waals surface area (Å²) >= 11 is 0. The van der Waals surface area contributed by atoms with Crippen LogP contribution in [0.5, 0.6) is 11.5 Å². The summed E-state index contributed by atoms with van der Waals surface area (Å²) in [7, 11) is 8.78. The van der Waals surface area contributed by atoms with Crippen molar-refractivity contribution in [1.29, 1.82) is 0 Å². The van der Waals surface area contributed by atoms with Crippen LogP contribution in [-0.2, 0) is 16.8 Å². The molecule has 0 amide bonds. The number of ether oxygens (including phenoxy) is 2. The minimum Gasteiger partial charge on any atom is -1.00 e. The van der Waals surface area contributed by atoms with E-state index in [1.165, 1.54) is 32.9 Å². The molecule has 0 fully saturated rings. The van der Waals surface area contributed by atoms with E-state index >= 15 is 0 Å². The zero-order valence-corrected chi connectivity index (χ0v) is 21.9. The number of hydrogen-bond acceptors (Lipinski definition) is 2. The van der Waals surface area contributed by atoms with Crippen LogP contribution < -0.4 is 54.0 Å². The standard InChI is InChI=1S/2C9H13OP.2BrH.Co/c2*1-6-4-8(11)5-7(2)9(6)10-3;;;/h2*4-5H,11H2,1-3H3;2*1H;/q;;;;+2/p-2. The van der Waals surface area contributed by atoms with Crippen LogP contribution >= 0.6 is 18.5 Å². The van der Waals surface area contributed by atoms with Gasteiger partial charge in [0.15, 0.2) is 0 Å². The Hall–Kier alpha value is 0.366. The van der Waals surface area contributed by atoms with Crippen LogP contribution in [0.1, 0.15) is 22.3 Å². The van der Waals surface area contributed by atoms with Gasteiger partial charge in [0.2, 0.25) is 0 Å². The van der Waals surface area contributed by atoms with Gasteiger partial charge in [-0.2, -0.15) is 0 Å². The Labute approximate surface area is 188 Å². The molecule has 7 heteroatoms. The Morgan fingerprint density at radius 2 is 0.800 bits per heavy atom. The monoisotopic (exact) mass is 553 g/mol. The normalized spacial score (nSPS) is 8.64. The molecule has 0 saturated heterocycles. The molecule has 0 spiro atoms. The van der Waals surface area contributed by atoms with E-state index in [1.807, 2.05) is 0 Å². The van der Waals surface area contributed by atoms with Crippen molar-refractivity contribution < 1.29 is 60.2 Å². The van der Waals surface area contributed by atoms with Crippen LogP contribution in [0.2, 0.25) is 0 Å². The Morgan fingerprint density at radius 3 is 0.960 bits per heavy atom.